The summed E-state index contributed by atoms with van der Waals surface area (Å²) in [4.78, 5) is 0. The Morgan fingerprint density at radius 1 is 1.31 bits per heavy atom. The zero-order valence-electron chi connectivity index (χ0n) is 10.6. The van der Waals surface area contributed by atoms with E-state index in [1.165, 1.54) is 12.8 Å². The first kappa shape index (κ1) is 14.3. The molecule has 3 N–H and O–H groups in total. The molecule has 4 atom stereocenters. The van der Waals surface area contributed by atoms with Crippen LogP contribution >= 0.6 is 12.6 Å². The molecule has 16 heavy (non-hydrogen) atoms. The summed E-state index contributed by atoms with van der Waals surface area (Å²) in [5.41, 5.74) is 5.97. The van der Waals surface area contributed by atoms with Gasteiger partial charge in [0.1, 0.15) is 0 Å². The largest absolute Gasteiger partial charge is 0.392 e. The Kier molecular flexibility index (Phi) is 6.16. The second kappa shape index (κ2) is 6.87. The zero-order valence-corrected chi connectivity index (χ0v) is 11.5. The van der Waals surface area contributed by atoms with E-state index in [-0.39, 0.29) is 11.4 Å². The number of thiol groups is 1. The van der Waals surface area contributed by atoms with E-state index in [2.05, 4.69) is 26.5 Å². The van der Waals surface area contributed by atoms with Gasteiger partial charge >= 0.3 is 0 Å². The topological polar surface area (TPSA) is 46.2 Å². The minimum Gasteiger partial charge on any atom is -0.392 e. The average Bonchev–Trinajstić information content (AvgIpc) is 2.24. The van der Waals surface area contributed by atoms with Gasteiger partial charge in [-0.05, 0) is 43.9 Å². The van der Waals surface area contributed by atoms with Crippen LogP contribution in [0.2, 0.25) is 0 Å². The van der Waals surface area contributed by atoms with Crippen LogP contribution in [0.25, 0.3) is 0 Å². The van der Waals surface area contributed by atoms with E-state index < -0.39 is 0 Å². The predicted molar refractivity (Wildman–Crippen MR) is 72.8 cm³/mol. The van der Waals surface area contributed by atoms with Crippen LogP contribution in [0.4, 0.5) is 0 Å². The molecule has 1 aliphatic rings. The molecule has 4 unspecified atom stereocenters. The van der Waals surface area contributed by atoms with Crippen molar-refractivity contribution >= 4 is 12.6 Å². The highest BCUT2D eigenvalue weighted by Gasteiger charge is 2.29. The maximum Gasteiger partial charge on any atom is 0.0659 e. The summed E-state index contributed by atoms with van der Waals surface area (Å²) in [6.07, 6.45) is 6.24. The maximum atomic E-state index is 10.1. The van der Waals surface area contributed by atoms with Crippen LogP contribution in [0, 0.1) is 11.8 Å². The van der Waals surface area contributed by atoms with Crippen molar-refractivity contribution in [3.05, 3.63) is 0 Å². The van der Waals surface area contributed by atoms with Gasteiger partial charge in [0, 0.05) is 11.3 Å². The van der Waals surface area contributed by atoms with Gasteiger partial charge in [-0.15, -0.1) is 0 Å². The molecule has 2 nitrogen and oxygen atoms in total. The minimum absolute atomic E-state index is 0.116. The molecule has 0 aliphatic heterocycles. The highest BCUT2D eigenvalue weighted by molar-refractivity contribution is 7.81. The van der Waals surface area contributed by atoms with E-state index >= 15 is 0 Å². The average molecular weight is 245 g/mol. The summed E-state index contributed by atoms with van der Waals surface area (Å²) < 4.78 is 0. The summed E-state index contributed by atoms with van der Waals surface area (Å²) in [7, 11) is 0. The summed E-state index contributed by atoms with van der Waals surface area (Å²) in [5, 5.41) is 10.2. The minimum atomic E-state index is -0.263. The summed E-state index contributed by atoms with van der Waals surface area (Å²) in [6.45, 7) is 4.38. The van der Waals surface area contributed by atoms with E-state index in [1.807, 2.05) is 0 Å². The van der Waals surface area contributed by atoms with Gasteiger partial charge in [0.2, 0.25) is 0 Å². The smallest absolute Gasteiger partial charge is 0.0659 e. The van der Waals surface area contributed by atoms with Crippen LogP contribution in [0.3, 0.4) is 0 Å². The molecule has 0 amide bonds. The van der Waals surface area contributed by atoms with Gasteiger partial charge in [-0.1, -0.05) is 20.3 Å². The highest BCUT2D eigenvalue weighted by Crippen LogP contribution is 2.31. The van der Waals surface area contributed by atoms with Crippen LogP contribution < -0.4 is 5.73 Å². The zero-order chi connectivity index (χ0) is 12.1. The Hall–Kier alpha value is 0.270. The number of aliphatic hydroxyl groups excluding tert-OH is 1. The lowest BCUT2D eigenvalue weighted by Crippen LogP contribution is -2.37. The number of aliphatic hydroxyl groups is 1. The third-order valence-corrected chi connectivity index (χ3v) is 4.44. The second-order valence-corrected chi connectivity index (χ2v) is 6.31. The van der Waals surface area contributed by atoms with Crippen molar-refractivity contribution in [1.82, 2.24) is 0 Å². The number of nitrogens with two attached hydrogens (primary N) is 1. The predicted octanol–water partition coefficient (Wildman–Crippen LogP) is 2.60. The third kappa shape index (κ3) is 4.64. The van der Waals surface area contributed by atoms with Gasteiger partial charge in [-0.25, -0.2) is 0 Å². The quantitative estimate of drug-likeness (QED) is 0.652. The van der Waals surface area contributed by atoms with E-state index in [4.69, 9.17) is 5.73 Å². The Morgan fingerprint density at radius 2 is 2.00 bits per heavy atom. The Labute approximate surface area is 105 Å². The third-order valence-electron chi connectivity index (χ3n) is 3.67. The molecule has 1 fully saturated rings. The molecule has 0 heterocycles. The monoisotopic (exact) mass is 245 g/mol. The molecule has 0 bridgehead atoms. The van der Waals surface area contributed by atoms with Crippen molar-refractivity contribution in [1.29, 1.82) is 0 Å². The first-order valence-corrected chi connectivity index (χ1v) is 7.14. The molecular weight excluding hydrogens is 218 g/mol. The van der Waals surface area contributed by atoms with Crippen LogP contribution in [0.15, 0.2) is 0 Å². The Balaban J connectivity index is 2.33. The summed E-state index contributed by atoms with van der Waals surface area (Å²) in [5.74, 6) is 1.16. The molecule has 96 valence electrons. The van der Waals surface area contributed by atoms with Crippen molar-refractivity contribution in [2.75, 3.05) is 0 Å². The summed E-state index contributed by atoms with van der Waals surface area (Å²) >= 11 is 4.61. The lowest BCUT2D eigenvalue weighted by molar-refractivity contribution is 0.122. The first-order valence-electron chi connectivity index (χ1n) is 6.62. The van der Waals surface area contributed by atoms with Crippen LogP contribution in [-0.4, -0.2) is 22.5 Å². The molecule has 0 aromatic carbocycles. The lowest BCUT2D eigenvalue weighted by atomic mass is 9.81. The van der Waals surface area contributed by atoms with Crippen molar-refractivity contribution in [3.8, 4) is 0 Å². The lowest BCUT2D eigenvalue weighted by Gasteiger charge is -2.33. The Morgan fingerprint density at radius 3 is 2.56 bits per heavy atom. The fourth-order valence-electron chi connectivity index (χ4n) is 2.57. The molecule has 1 aliphatic carbocycles. The molecular formula is C13H27NOS. The van der Waals surface area contributed by atoms with Crippen LogP contribution in [0.5, 0.6) is 0 Å². The van der Waals surface area contributed by atoms with Gasteiger partial charge < -0.3 is 10.8 Å². The molecule has 0 aromatic heterocycles. The molecule has 0 saturated heterocycles. The molecule has 3 heteroatoms. The SMILES string of the molecule is CC(C)CCC(O)C(S)C1CCCC(N)C1. The van der Waals surface area contributed by atoms with Gasteiger partial charge in [0.25, 0.3) is 0 Å². The molecule has 1 rings (SSSR count). The van der Waals surface area contributed by atoms with Gasteiger partial charge in [-0.2, -0.15) is 12.6 Å². The van der Waals surface area contributed by atoms with E-state index in [1.54, 1.807) is 0 Å². The number of rotatable bonds is 5. The van der Waals surface area contributed by atoms with Crippen molar-refractivity contribution in [3.63, 3.8) is 0 Å². The fourth-order valence-corrected chi connectivity index (χ4v) is 2.99. The normalized spacial score (nSPS) is 30.4. The van der Waals surface area contributed by atoms with Crippen molar-refractivity contribution in [2.24, 2.45) is 17.6 Å². The van der Waals surface area contributed by atoms with Crippen LogP contribution in [0.1, 0.15) is 52.4 Å². The van der Waals surface area contributed by atoms with Crippen LogP contribution in [-0.2, 0) is 0 Å². The van der Waals surface area contributed by atoms with Gasteiger partial charge in [0.15, 0.2) is 0 Å². The van der Waals surface area contributed by atoms with Crippen molar-refractivity contribution < 1.29 is 5.11 Å². The fraction of sp³-hybridized carbons (Fsp3) is 1.00. The maximum absolute atomic E-state index is 10.1. The molecule has 0 aromatic rings. The molecule has 0 radical (unpaired) electrons. The molecule has 1 saturated carbocycles. The highest BCUT2D eigenvalue weighted by atomic mass is 32.1. The molecule has 0 spiro atoms. The van der Waals surface area contributed by atoms with E-state index in [9.17, 15) is 5.11 Å². The first-order chi connectivity index (χ1) is 7.50. The van der Waals surface area contributed by atoms with Gasteiger partial charge in [-0.3, -0.25) is 0 Å². The van der Waals surface area contributed by atoms with Crippen molar-refractivity contribution in [2.45, 2.75) is 69.8 Å². The Bertz CT molecular complexity index is 198. The standard InChI is InChI=1S/C13H27NOS/c1-9(2)6-7-12(15)13(16)10-4-3-5-11(14)8-10/h9-13,15-16H,3-8,14H2,1-2H3. The van der Waals surface area contributed by atoms with E-state index in [0.717, 1.165) is 25.7 Å². The second-order valence-electron chi connectivity index (χ2n) is 5.72. The summed E-state index contributed by atoms with van der Waals surface area (Å²) in [6, 6.07) is 0.325. The number of hydrogen-bond donors (Lipinski definition) is 3. The van der Waals surface area contributed by atoms with Gasteiger partial charge in [0.05, 0.1) is 6.10 Å². The van der Waals surface area contributed by atoms with E-state index in [0.29, 0.717) is 17.9 Å². The number of hydrogen-bond acceptors (Lipinski definition) is 3.